The highest BCUT2D eigenvalue weighted by Gasteiger charge is 2.36. The number of carbonyl (C=O) groups is 1. The maximum Gasteiger partial charge on any atom is 0.417 e. The van der Waals surface area contributed by atoms with E-state index < -0.39 is 23.7 Å². The Morgan fingerprint density at radius 2 is 1.94 bits per heavy atom. The van der Waals surface area contributed by atoms with E-state index in [0.29, 0.717) is 0 Å². The first-order chi connectivity index (χ1) is 7.93. The van der Waals surface area contributed by atoms with Crippen molar-refractivity contribution in [3.8, 4) is 12.1 Å². The van der Waals surface area contributed by atoms with Crippen molar-refractivity contribution in [3.63, 3.8) is 0 Å². The third kappa shape index (κ3) is 2.61. The quantitative estimate of drug-likeness (QED) is 0.743. The molecule has 6 heteroatoms. The summed E-state index contributed by atoms with van der Waals surface area (Å²) in [6.07, 6.45) is -5.20. The SMILES string of the molecule is N#CCc1cc(C#N)cc(C=O)c1C(F)(F)F. The van der Waals surface area contributed by atoms with Crippen molar-refractivity contribution in [3.05, 3.63) is 34.4 Å². The fourth-order valence-electron chi connectivity index (χ4n) is 1.45. The molecule has 1 aromatic carbocycles. The molecule has 0 heterocycles. The zero-order valence-corrected chi connectivity index (χ0v) is 8.38. The van der Waals surface area contributed by atoms with Crippen LogP contribution in [0.5, 0.6) is 0 Å². The maximum absolute atomic E-state index is 12.7. The van der Waals surface area contributed by atoms with E-state index in [9.17, 15) is 18.0 Å². The number of rotatable bonds is 2. The molecule has 0 aliphatic rings. The summed E-state index contributed by atoms with van der Waals surface area (Å²) in [7, 11) is 0. The molecule has 0 atom stereocenters. The van der Waals surface area contributed by atoms with Gasteiger partial charge in [0.05, 0.1) is 29.7 Å². The Morgan fingerprint density at radius 1 is 1.29 bits per heavy atom. The Hall–Kier alpha value is -2.34. The fourth-order valence-corrected chi connectivity index (χ4v) is 1.45. The van der Waals surface area contributed by atoms with Crippen LogP contribution in [0.15, 0.2) is 12.1 Å². The molecule has 0 saturated carbocycles. The zero-order valence-electron chi connectivity index (χ0n) is 8.38. The van der Waals surface area contributed by atoms with Crippen molar-refractivity contribution in [2.45, 2.75) is 12.6 Å². The first kappa shape index (κ1) is 12.7. The van der Waals surface area contributed by atoms with E-state index in [1.165, 1.54) is 0 Å². The van der Waals surface area contributed by atoms with Gasteiger partial charge in [0.25, 0.3) is 0 Å². The predicted molar refractivity (Wildman–Crippen MR) is 50.9 cm³/mol. The van der Waals surface area contributed by atoms with Crippen LogP contribution in [0.3, 0.4) is 0 Å². The molecule has 1 aromatic rings. The molecule has 0 unspecified atom stereocenters. The smallest absolute Gasteiger partial charge is 0.298 e. The van der Waals surface area contributed by atoms with Gasteiger partial charge in [0.15, 0.2) is 6.29 Å². The standard InChI is InChI=1S/C11H5F3N2O/c12-11(13,14)10-8(1-2-15)3-7(5-16)4-9(10)6-17/h3-4,6H,1H2. The minimum absolute atomic E-state index is 0.0323. The van der Waals surface area contributed by atoms with Crippen molar-refractivity contribution in [1.82, 2.24) is 0 Å². The second-order valence-corrected chi connectivity index (χ2v) is 3.16. The number of halogens is 3. The first-order valence-electron chi connectivity index (χ1n) is 4.40. The topological polar surface area (TPSA) is 64.7 Å². The van der Waals surface area contributed by atoms with E-state index in [-0.39, 0.29) is 17.4 Å². The number of alkyl halides is 3. The third-order valence-corrected chi connectivity index (χ3v) is 2.06. The number of hydrogen-bond donors (Lipinski definition) is 0. The molecule has 0 amide bonds. The van der Waals surface area contributed by atoms with Gasteiger partial charge in [-0.05, 0) is 17.7 Å². The largest absolute Gasteiger partial charge is 0.417 e. The third-order valence-electron chi connectivity index (χ3n) is 2.06. The van der Waals surface area contributed by atoms with Crippen LogP contribution < -0.4 is 0 Å². The predicted octanol–water partition coefficient (Wildman–Crippen LogP) is 2.46. The Labute approximate surface area is 94.7 Å². The van der Waals surface area contributed by atoms with Crippen molar-refractivity contribution in [2.75, 3.05) is 0 Å². The number of carbonyl (C=O) groups excluding carboxylic acids is 1. The number of hydrogen-bond acceptors (Lipinski definition) is 3. The average molecular weight is 238 g/mol. The maximum atomic E-state index is 12.7. The van der Waals surface area contributed by atoms with Crippen LogP contribution in [0.25, 0.3) is 0 Å². The van der Waals surface area contributed by atoms with Crippen molar-refractivity contribution < 1.29 is 18.0 Å². The van der Waals surface area contributed by atoms with E-state index in [1.807, 2.05) is 0 Å². The molecule has 3 nitrogen and oxygen atoms in total. The van der Waals surface area contributed by atoms with Crippen molar-refractivity contribution >= 4 is 6.29 Å². The van der Waals surface area contributed by atoms with Crippen LogP contribution in [0.4, 0.5) is 13.2 Å². The van der Waals surface area contributed by atoms with Gasteiger partial charge in [-0.1, -0.05) is 0 Å². The van der Waals surface area contributed by atoms with Gasteiger partial charge in [-0.2, -0.15) is 23.7 Å². The Morgan fingerprint density at radius 3 is 2.35 bits per heavy atom. The molecule has 0 aliphatic carbocycles. The van der Waals surface area contributed by atoms with Crippen LogP contribution >= 0.6 is 0 Å². The van der Waals surface area contributed by atoms with Gasteiger partial charge in [-0.15, -0.1) is 0 Å². The average Bonchev–Trinajstić information content (AvgIpc) is 2.26. The van der Waals surface area contributed by atoms with E-state index in [4.69, 9.17) is 10.5 Å². The molecular weight excluding hydrogens is 233 g/mol. The Kier molecular flexibility index (Phi) is 3.49. The van der Waals surface area contributed by atoms with Crippen LogP contribution in [-0.4, -0.2) is 6.29 Å². The van der Waals surface area contributed by atoms with Gasteiger partial charge < -0.3 is 0 Å². The van der Waals surface area contributed by atoms with Gasteiger partial charge in [-0.25, -0.2) is 0 Å². The normalized spacial score (nSPS) is 10.4. The molecule has 0 N–H and O–H groups in total. The summed E-state index contributed by atoms with van der Waals surface area (Å²) in [5.41, 5.74) is -2.21. The molecular formula is C11H5F3N2O. The number of nitriles is 2. The second kappa shape index (κ2) is 4.67. The minimum atomic E-state index is -4.73. The summed E-state index contributed by atoms with van der Waals surface area (Å²) in [5.74, 6) is 0. The molecule has 0 saturated heterocycles. The molecule has 0 aromatic heterocycles. The van der Waals surface area contributed by atoms with Crippen LogP contribution in [0.2, 0.25) is 0 Å². The Balaban J connectivity index is 3.60. The summed E-state index contributed by atoms with van der Waals surface area (Å²) in [6.45, 7) is 0. The number of benzene rings is 1. The fraction of sp³-hybridized carbons (Fsp3) is 0.182. The summed E-state index contributed by atoms with van der Waals surface area (Å²) in [5, 5.41) is 17.1. The van der Waals surface area contributed by atoms with Gasteiger partial charge >= 0.3 is 6.18 Å². The molecule has 0 aliphatic heterocycles. The lowest BCUT2D eigenvalue weighted by atomic mass is 9.96. The summed E-state index contributed by atoms with van der Waals surface area (Å²) in [4.78, 5) is 10.6. The monoisotopic (exact) mass is 238 g/mol. The van der Waals surface area contributed by atoms with Gasteiger partial charge in [0.2, 0.25) is 0 Å². The minimum Gasteiger partial charge on any atom is -0.298 e. The lowest BCUT2D eigenvalue weighted by Crippen LogP contribution is -2.13. The first-order valence-corrected chi connectivity index (χ1v) is 4.40. The summed E-state index contributed by atoms with van der Waals surface area (Å²) < 4.78 is 38.1. The van der Waals surface area contributed by atoms with E-state index in [2.05, 4.69) is 0 Å². The highest BCUT2D eigenvalue weighted by molar-refractivity contribution is 5.79. The zero-order chi connectivity index (χ0) is 13.1. The molecule has 0 bridgehead atoms. The number of nitrogens with zero attached hydrogens (tertiary/aromatic N) is 2. The van der Waals surface area contributed by atoms with E-state index >= 15 is 0 Å². The number of aldehydes is 1. The summed E-state index contributed by atoms with van der Waals surface area (Å²) >= 11 is 0. The second-order valence-electron chi connectivity index (χ2n) is 3.16. The summed E-state index contributed by atoms with van der Waals surface area (Å²) in [6, 6.07) is 5.05. The van der Waals surface area contributed by atoms with Crippen LogP contribution in [-0.2, 0) is 12.6 Å². The molecule has 17 heavy (non-hydrogen) atoms. The van der Waals surface area contributed by atoms with E-state index in [0.717, 1.165) is 12.1 Å². The van der Waals surface area contributed by atoms with Crippen molar-refractivity contribution in [2.24, 2.45) is 0 Å². The van der Waals surface area contributed by atoms with E-state index in [1.54, 1.807) is 12.1 Å². The highest BCUT2D eigenvalue weighted by atomic mass is 19.4. The Bertz CT molecular complexity index is 535. The van der Waals surface area contributed by atoms with Crippen LogP contribution in [0, 0.1) is 22.7 Å². The lowest BCUT2D eigenvalue weighted by molar-refractivity contribution is -0.138. The van der Waals surface area contributed by atoms with Gasteiger partial charge in [0, 0.05) is 5.56 Å². The van der Waals surface area contributed by atoms with Gasteiger partial charge in [0.1, 0.15) is 0 Å². The lowest BCUT2D eigenvalue weighted by Gasteiger charge is -2.13. The molecule has 86 valence electrons. The highest BCUT2D eigenvalue weighted by Crippen LogP contribution is 2.35. The molecule has 0 fully saturated rings. The molecule has 0 radical (unpaired) electrons. The van der Waals surface area contributed by atoms with Crippen LogP contribution in [0.1, 0.15) is 27.0 Å². The van der Waals surface area contributed by atoms with Gasteiger partial charge in [-0.3, -0.25) is 4.79 Å². The molecule has 1 rings (SSSR count). The molecule has 0 spiro atoms. The van der Waals surface area contributed by atoms with Crippen molar-refractivity contribution in [1.29, 1.82) is 10.5 Å².